The van der Waals surface area contributed by atoms with Crippen molar-refractivity contribution in [3.63, 3.8) is 0 Å². The Morgan fingerprint density at radius 2 is 2.26 bits per heavy atom. The zero-order valence-electron chi connectivity index (χ0n) is 11.9. The molecule has 0 saturated carbocycles. The van der Waals surface area contributed by atoms with Gasteiger partial charge in [-0.1, -0.05) is 0 Å². The molecular formula is C13H11N5O3S2. The molecule has 0 atom stereocenters. The number of nitrogens with one attached hydrogen (secondary N) is 1. The van der Waals surface area contributed by atoms with Gasteiger partial charge in [-0.3, -0.25) is 24.9 Å². The number of anilines is 1. The predicted octanol–water partition coefficient (Wildman–Crippen LogP) is 3.25. The highest BCUT2D eigenvalue weighted by atomic mass is 32.1. The average Bonchev–Trinajstić information content (AvgIpc) is 3.26. The SMILES string of the molecule is CCn1nccc1C(=O)Nc1nc(-c2cc([N+](=O)[O-])cs2)cs1. The number of nitro groups is 1. The summed E-state index contributed by atoms with van der Waals surface area (Å²) in [4.78, 5) is 27.5. The zero-order chi connectivity index (χ0) is 16.4. The Kier molecular flexibility index (Phi) is 4.17. The first-order valence-corrected chi connectivity index (χ1v) is 8.36. The average molecular weight is 349 g/mol. The van der Waals surface area contributed by atoms with Gasteiger partial charge in [0.2, 0.25) is 0 Å². The van der Waals surface area contributed by atoms with E-state index in [1.807, 2.05) is 6.92 Å². The van der Waals surface area contributed by atoms with Crippen molar-refractivity contribution in [2.45, 2.75) is 13.5 Å². The van der Waals surface area contributed by atoms with Crippen LogP contribution >= 0.6 is 22.7 Å². The van der Waals surface area contributed by atoms with Crippen LogP contribution in [0.15, 0.2) is 29.1 Å². The van der Waals surface area contributed by atoms with Gasteiger partial charge in [0.05, 0.1) is 20.9 Å². The smallest absolute Gasteiger partial charge is 0.280 e. The number of hydrogen-bond acceptors (Lipinski definition) is 7. The third-order valence-electron chi connectivity index (χ3n) is 3.02. The number of nitrogens with zero attached hydrogens (tertiary/aromatic N) is 4. The molecule has 3 aromatic heterocycles. The summed E-state index contributed by atoms with van der Waals surface area (Å²) in [5, 5.41) is 21.1. The van der Waals surface area contributed by atoms with Crippen LogP contribution in [0.2, 0.25) is 0 Å². The van der Waals surface area contributed by atoms with Crippen molar-refractivity contribution in [2.75, 3.05) is 5.32 Å². The number of amides is 1. The Balaban J connectivity index is 1.76. The lowest BCUT2D eigenvalue weighted by atomic mass is 10.3. The first-order chi connectivity index (χ1) is 11.1. The highest BCUT2D eigenvalue weighted by molar-refractivity contribution is 7.16. The van der Waals surface area contributed by atoms with Crippen molar-refractivity contribution in [3.8, 4) is 10.6 Å². The Morgan fingerprint density at radius 3 is 2.96 bits per heavy atom. The van der Waals surface area contributed by atoms with Crippen LogP contribution in [0, 0.1) is 10.1 Å². The highest BCUT2D eigenvalue weighted by Gasteiger charge is 2.16. The molecule has 0 bridgehead atoms. The van der Waals surface area contributed by atoms with Crippen LogP contribution in [0.5, 0.6) is 0 Å². The van der Waals surface area contributed by atoms with E-state index in [2.05, 4.69) is 15.4 Å². The number of aromatic nitrogens is 3. The second-order valence-electron chi connectivity index (χ2n) is 4.45. The van der Waals surface area contributed by atoms with Crippen molar-refractivity contribution >= 4 is 39.4 Å². The fraction of sp³-hybridized carbons (Fsp3) is 0.154. The minimum absolute atomic E-state index is 0.0374. The first-order valence-electron chi connectivity index (χ1n) is 6.60. The van der Waals surface area contributed by atoms with Crippen LogP contribution in [0.25, 0.3) is 10.6 Å². The van der Waals surface area contributed by atoms with Crippen molar-refractivity contribution in [2.24, 2.45) is 0 Å². The molecule has 3 aromatic rings. The molecule has 0 spiro atoms. The van der Waals surface area contributed by atoms with Gasteiger partial charge in [0.25, 0.3) is 11.6 Å². The quantitative estimate of drug-likeness (QED) is 0.562. The van der Waals surface area contributed by atoms with E-state index in [0.717, 1.165) is 0 Å². The van der Waals surface area contributed by atoms with Gasteiger partial charge < -0.3 is 0 Å². The number of thiophene rings is 1. The van der Waals surface area contributed by atoms with E-state index in [0.29, 0.717) is 27.9 Å². The lowest BCUT2D eigenvalue weighted by molar-refractivity contribution is -0.384. The predicted molar refractivity (Wildman–Crippen MR) is 87.9 cm³/mol. The van der Waals surface area contributed by atoms with Gasteiger partial charge in [-0.15, -0.1) is 22.7 Å². The number of hydrogen-bond donors (Lipinski definition) is 1. The second-order valence-corrected chi connectivity index (χ2v) is 6.22. The lowest BCUT2D eigenvalue weighted by Crippen LogP contribution is -2.17. The van der Waals surface area contributed by atoms with E-state index >= 15 is 0 Å². The minimum atomic E-state index is -0.443. The Hall–Kier alpha value is -2.59. The van der Waals surface area contributed by atoms with E-state index in [1.54, 1.807) is 22.3 Å². The third kappa shape index (κ3) is 3.12. The van der Waals surface area contributed by atoms with E-state index in [1.165, 1.54) is 34.1 Å². The number of thiazole rings is 1. The fourth-order valence-corrected chi connectivity index (χ4v) is 3.54. The van der Waals surface area contributed by atoms with Gasteiger partial charge in [-0.05, 0) is 13.0 Å². The van der Waals surface area contributed by atoms with Crippen molar-refractivity contribution in [3.05, 3.63) is 44.9 Å². The van der Waals surface area contributed by atoms with Crippen LogP contribution in [-0.4, -0.2) is 25.6 Å². The molecule has 0 saturated heterocycles. The van der Waals surface area contributed by atoms with Gasteiger partial charge in [-0.2, -0.15) is 5.10 Å². The number of aryl methyl sites for hydroxylation is 1. The molecule has 0 aliphatic rings. The normalized spacial score (nSPS) is 10.7. The van der Waals surface area contributed by atoms with Gasteiger partial charge in [0.1, 0.15) is 5.69 Å². The Bertz CT molecular complexity index is 866. The monoisotopic (exact) mass is 349 g/mol. The van der Waals surface area contributed by atoms with Crippen molar-refractivity contribution < 1.29 is 9.72 Å². The molecule has 10 heteroatoms. The van der Waals surface area contributed by atoms with E-state index in [4.69, 9.17) is 0 Å². The van der Waals surface area contributed by atoms with E-state index < -0.39 is 4.92 Å². The molecule has 0 aliphatic carbocycles. The third-order valence-corrected chi connectivity index (χ3v) is 4.72. The van der Waals surface area contributed by atoms with Gasteiger partial charge >= 0.3 is 0 Å². The van der Waals surface area contributed by atoms with E-state index in [-0.39, 0.29) is 11.6 Å². The maximum atomic E-state index is 12.2. The van der Waals surface area contributed by atoms with E-state index in [9.17, 15) is 14.9 Å². The van der Waals surface area contributed by atoms with Crippen LogP contribution < -0.4 is 5.32 Å². The molecule has 1 N–H and O–H groups in total. The molecule has 8 nitrogen and oxygen atoms in total. The van der Waals surface area contributed by atoms with Crippen molar-refractivity contribution in [1.29, 1.82) is 0 Å². The molecule has 0 aromatic carbocycles. The molecule has 0 unspecified atom stereocenters. The molecule has 118 valence electrons. The number of carbonyl (C=O) groups excluding carboxylic acids is 1. The Labute approximate surface area is 138 Å². The van der Waals surface area contributed by atoms with Crippen LogP contribution in [0.4, 0.5) is 10.8 Å². The largest absolute Gasteiger partial charge is 0.296 e. The summed E-state index contributed by atoms with van der Waals surface area (Å²) in [6.45, 7) is 2.49. The number of carbonyl (C=O) groups is 1. The second kappa shape index (κ2) is 6.26. The summed E-state index contributed by atoms with van der Waals surface area (Å²) in [7, 11) is 0. The molecule has 3 rings (SSSR count). The molecule has 1 amide bonds. The molecule has 0 aliphatic heterocycles. The molecule has 0 radical (unpaired) electrons. The molecular weight excluding hydrogens is 338 g/mol. The topological polar surface area (TPSA) is 103 Å². The number of rotatable bonds is 5. The molecule has 23 heavy (non-hydrogen) atoms. The van der Waals surface area contributed by atoms with Gasteiger partial charge in [-0.25, -0.2) is 4.98 Å². The Morgan fingerprint density at radius 1 is 1.43 bits per heavy atom. The zero-order valence-corrected chi connectivity index (χ0v) is 13.6. The summed E-state index contributed by atoms with van der Waals surface area (Å²) >= 11 is 2.51. The minimum Gasteiger partial charge on any atom is -0.296 e. The standard InChI is InChI=1S/C13H11N5O3S2/c1-2-17-10(3-4-14-17)12(19)16-13-15-9(7-23-13)11-5-8(6-22-11)18(20)21/h3-7H,2H2,1H3,(H,15,16,19). The summed E-state index contributed by atoms with van der Waals surface area (Å²) in [5.74, 6) is -0.289. The first kappa shape index (κ1) is 15.3. The van der Waals surface area contributed by atoms with Crippen LogP contribution in [-0.2, 0) is 6.54 Å². The summed E-state index contributed by atoms with van der Waals surface area (Å²) in [6.07, 6.45) is 1.57. The summed E-state index contributed by atoms with van der Waals surface area (Å²) < 4.78 is 1.59. The molecule has 0 fully saturated rings. The maximum absolute atomic E-state index is 12.2. The lowest BCUT2D eigenvalue weighted by Gasteiger charge is -2.03. The van der Waals surface area contributed by atoms with Gasteiger partial charge in [0.15, 0.2) is 5.13 Å². The van der Waals surface area contributed by atoms with Crippen LogP contribution in [0.1, 0.15) is 17.4 Å². The van der Waals surface area contributed by atoms with Crippen LogP contribution in [0.3, 0.4) is 0 Å². The maximum Gasteiger partial charge on any atom is 0.280 e. The van der Waals surface area contributed by atoms with Gasteiger partial charge in [0, 0.05) is 24.2 Å². The summed E-state index contributed by atoms with van der Waals surface area (Å²) in [5.41, 5.74) is 1.10. The molecule has 3 heterocycles. The van der Waals surface area contributed by atoms with Crippen molar-refractivity contribution in [1.82, 2.24) is 14.8 Å². The fourth-order valence-electron chi connectivity index (χ4n) is 1.94. The highest BCUT2D eigenvalue weighted by Crippen LogP contribution is 2.32. The summed E-state index contributed by atoms with van der Waals surface area (Å²) in [6, 6.07) is 3.10.